The minimum absolute atomic E-state index is 0.0680. The molecule has 1 N–H and O–H groups in total. The first kappa shape index (κ1) is 21.8. The Morgan fingerprint density at radius 2 is 1.86 bits per heavy atom. The number of carbonyl (C=O) groups excluding carboxylic acids is 3. The minimum Gasteiger partial charge on any atom is -0.496 e. The summed E-state index contributed by atoms with van der Waals surface area (Å²) in [6.45, 7) is 2.85. The Morgan fingerprint density at radius 3 is 2.45 bits per heavy atom. The summed E-state index contributed by atoms with van der Waals surface area (Å²) in [6, 6.07) is 3.44. The van der Waals surface area contributed by atoms with Crippen LogP contribution in [0.15, 0.2) is 18.2 Å². The molecule has 2 rings (SSSR count). The van der Waals surface area contributed by atoms with E-state index in [9.17, 15) is 24.5 Å². The van der Waals surface area contributed by atoms with E-state index in [4.69, 9.17) is 14.2 Å². The minimum atomic E-state index is -0.965. The summed E-state index contributed by atoms with van der Waals surface area (Å²) in [7, 11) is 2.52. The van der Waals surface area contributed by atoms with Crippen LogP contribution in [0.2, 0.25) is 0 Å². The number of thiophene rings is 1. The summed E-state index contributed by atoms with van der Waals surface area (Å²) in [5, 5.41) is 13.7. The third-order valence-corrected chi connectivity index (χ3v) is 5.10. The van der Waals surface area contributed by atoms with Crippen molar-refractivity contribution in [3.63, 3.8) is 0 Å². The van der Waals surface area contributed by atoms with Gasteiger partial charge in [0.05, 0.1) is 24.7 Å². The molecule has 10 nitrogen and oxygen atoms in total. The third kappa shape index (κ3) is 4.88. The molecule has 0 saturated heterocycles. The summed E-state index contributed by atoms with van der Waals surface area (Å²) >= 11 is 1.19. The molecule has 11 heteroatoms. The number of hydrogen-bond donors (Lipinski definition) is 1. The van der Waals surface area contributed by atoms with Gasteiger partial charge in [0.25, 0.3) is 11.6 Å². The van der Waals surface area contributed by atoms with Gasteiger partial charge in [0.2, 0.25) is 0 Å². The highest BCUT2D eigenvalue weighted by molar-refractivity contribution is 7.16. The normalized spacial score (nSPS) is 10.2. The second-order valence-electron chi connectivity index (χ2n) is 5.74. The predicted octanol–water partition coefficient (Wildman–Crippen LogP) is 2.86. The number of anilines is 1. The van der Waals surface area contributed by atoms with Gasteiger partial charge in [-0.25, -0.2) is 9.59 Å². The average molecular weight is 422 g/mol. The Bertz CT molecular complexity index is 982. The zero-order valence-corrected chi connectivity index (χ0v) is 16.9. The molecule has 0 aliphatic heterocycles. The van der Waals surface area contributed by atoms with Crippen molar-refractivity contribution in [3.05, 3.63) is 49.9 Å². The van der Waals surface area contributed by atoms with Crippen LogP contribution in [0.1, 0.15) is 31.2 Å². The smallest absolute Gasteiger partial charge is 0.342 e. The van der Waals surface area contributed by atoms with Crippen LogP contribution in [0.3, 0.4) is 0 Å². The molecular weight excluding hydrogens is 404 g/mol. The first-order valence-electron chi connectivity index (χ1n) is 8.17. The molecule has 0 bridgehead atoms. The molecule has 0 aliphatic carbocycles. The zero-order valence-electron chi connectivity index (χ0n) is 16.1. The van der Waals surface area contributed by atoms with Gasteiger partial charge in [0.15, 0.2) is 6.61 Å². The molecule has 0 atom stereocenters. The van der Waals surface area contributed by atoms with E-state index in [1.807, 2.05) is 0 Å². The number of carbonyl (C=O) groups is 3. The van der Waals surface area contributed by atoms with Gasteiger partial charge < -0.3 is 19.5 Å². The number of ether oxygens (including phenoxy) is 3. The SMILES string of the molecule is COC(=O)c1c(NC(=O)COC(=O)c2cc([N+](=O)[O-])ccc2OC)sc(C)c1C. The van der Waals surface area contributed by atoms with E-state index in [0.717, 1.165) is 10.9 Å². The van der Waals surface area contributed by atoms with Gasteiger partial charge in [-0.1, -0.05) is 0 Å². The molecule has 154 valence electrons. The fraction of sp³-hybridized carbons (Fsp3) is 0.278. The van der Waals surface area contributed by atoms with E-state index in [2.05, 4.69) is 5.32 Å². The molecule has 1 heterocycles. The van der Waals surface area contributed by atoms with Crippen molar-refractivity contribution >= 4 is 39.9 Å². The van der Waals surface area contributed by atoms with Crippen molar-refractivity contribution < 1.29 is 33.5 Å². The second kappa shape index (κ2) is 9.15. The standard InChI is InChI=1S/C18H18N2O8S/c1-9-10(2)29-16(15(9)18(23)27-4)19-14(21)8-28-17(22)12-7-11(20(24)25)5-6-13(12)26-3/h5-7H,8H2,1-4H3,(H,19,21). The van der Waals surface area contributed by atoms with Crippen LogP contribution >= 0.6 is 11.3 Å². The van der Waals surface area contributed by atoms with Gasteiger partial charge in [0.1, 0.15) is 16.3 Å². The van der Waals surface area contributed by atoms with Crippen LogP contribution in [0, 0.1) is 24.0 Å². The fourth-order valence-electron chi connectivity index (χ4n) is 2.40. The van der Waals surface area contributed by atoms with Gasteiger partial charge >= 0.3 is 11.9 Å². The Kier molecular flexibility index (Phi) is 6.89. The summed E-state index contributed by atoms with van der Waals surface area (Å²) in [6.07, 6.45) is 0. The lowest BCUT2D eigenvalue weighted by Crippen LogP contribution is -2.22. The predicted molar refractivity (Wildman–Crippen MR) is 104 cm³/mol. The first-order valence-corrected chi connectivity index (χ1v) is 8.99. The largest absolute Gasteiger partial charge is 0.496 e. The Hall–Kier alpha value is -3.47. The summed E-state index contributed by atoms with van der Waals surface area (Å²) in [5.41, 5.74) is 0.396. The van der Waals surface area contributed by atoms with Crippen molar-refractivity contribution in [3.8, 4) is 5.75 Å². The first-order chi connectivity index (χ1) is 13.7. The number of aryl methyl sites for hydroxylation is 1. The van der Waals surface area contributed by atoms with Crippen molar-refractivity contribution in [2.75, 3.05) is 26.1 Å². The van der Waals surface area contributed by atoms with Crippen molar-refractivity contribution in [2.24, 2.45) is 0 Å². The van der Waals surface area contributed by atoms with E-state index in [1.165, 1.54) is 37.7 Å². The van der Waals surface area contributed by atoms with Crippen molar-refractivity contribution in [2.45, 2.75) is 13.8 Å². The molecule has 0 fully saturated rings. The fourth-order valence-corrected chi connectivity index (χ4v) is 3.47. The van der Waals surface area contributed by atoms with E-state index in [0.29, 0.717) is 5.56 Å². The van der Waals surface area contributed by atoms with E-state index >= 15 is 0 Å². The van der Waals surface area contributed by atoms with Crippen molar-refractivity contribution in [1.29, 1.82) is 0 Å². The number of rotatable bonds is 7. The van der Waals surface area contributed by atoms with Crippen LogP contribution in [0.4, 0.5) is 10.7 Å². The average Bonchev–Trinajstić information content (AvgIpc) is 2.98. The summed E-state index contributed by atoms with van der Waals surface area (Å²) < 4.78 is 14.7. The van der Waals surface area contributed by atoms with E-state index < -0.39 is 29.4 Å². The summed E-state index contributed by atoms with van der Waals surface area (Å²) in [5.74, 6) is -2.18. The molecule has 1 amide bonds. The number of nitrogens with one attached hydrogen (secondary N) is 1. The molecular formula is C18H18N2O8S. The maximum Gasteiger partial charge on any atom is 0.342 e. The Morgan fingerprint density at radius 1 is 1.17 bits per heavy atom. The van der Waals surface area contributed by atoms with Gasteiger partial charge in [-0.05, 0) is 25.5 Å². The number of nitro benzene ring substituents is 1. The Labute approximate surface area is 169 Å². The molecule has 0 aliphatic rings. The van der Waals surface area contributed by atoms with Gasteiger partial charge in [0, 0.05) is 17.0 Å². The number of nitro groups is 1. The number of amides is 1. The third-order valence-electron chi connectivity index (χ3n) is 3.98. The number of non-ortho nitro benzene ring substituents is 1. The monoisotopic (exact) mass is 422 g/mol. The molecule has 0 unspecified atom stereocenters. The molecule has 2 aromatic rings. The number of nitrogens with zero attached hydrogens (tertiary/aromatic N) is 1. The van der Waals surface area contributed by atoms with E-state index in [-0.39, 0.29) is 27.6 Å². The number of esters is 2. The van der Waals surface area contributed by atoms with Crippen LogP contribution in [-0.4, -0.2) is 43.6 Å². The second-order valence-corrected chi connectivity index (χ2v) is 6.97. The van der Waals surface area contributed by atoms with Gasteiger partial charge in [-0.2, -0.15) is 0 Å². The Balaban J connectivity index is 2.12. The highest BCUT2D eigenvalue weighted by atomic mass is 32.1. The quantitative estimate of drug-likeness (QED) is 0.409. The molecule has 0 spiro atoms. The zero-order chi connectivity index (χ0) is 21.7. The maximum absolute atomic E-state index is 12.3. The molecule has 29 heavy (non-hydrogen) atoms. The van der Waals surface area contributed by atoms with Crippen LogP contribution in [0.25, 0.3) is 0 Å². The lowest BCUT2D eigenvalue weighted by Gasteiger charge is -2.09. The van der Waals surface area contributed by atoms with Gasteiger partial charge in [-0.15, -0.1) is 11.3 Å². The molecule has 0 saturated carbocycles. The van der Waals surface area contributed by atoms with Gasteiger partial charge in [-0.3, -0.25) is 14.9 Å². The van der Waals surface area contributed by atoms with Crippen molar-refractivity contribution in [1.82, 2.24) is 0 Å². The molecule has 0 radical (unpaired) electrons. The number of hydrogen-bond acceptors (Lipinski definition) is 9. The highest BCUT2D eigenvalue weighted by Gasteiger charge is 2.23. The lowest BCUT2D eigenvalue weighted by molar-refractivity contribution is -0.384. The molecule has 1 aromatic carbocycles. The topological polar surface area (TPSA) is 134 Å². The van der Waals surface area contributed by atoms with E-state index in [1.54, 1.807) is 13.8 Å². The van der Waals surface area contributed by atoms with Crippen LogP contribution in [0.5, 0.6) is 5.75 Å². The van der Waals surface area contributed by atoms with Crippen LogP contribution in [-0.2, 0) is 14.3 Å². The molecule has 1 aromatic heterocycles. The maximum atomic E-state index is 12.3. The number of methoxy groups -OCH3 is 2. The highest BCUT2D eigenvalue weighted by Crippen LogP contribution is 2.33. The summed E-state index contributed by atoms with van der Waals surface area (Å²) in [4.78, 5) is 47.4. The van der Waals surface area contributed by atoms with Crippen LogP contribution < -0.4 is 10.1 Å². The lowest BCUT2D eigenvalue weighted by atomic mass is 10.1. The number of benzene rings is 1.